The smallest absolute Gasteiger partial charge is 0.251 e. The van der Waals surface area contributed by atoms with Crippen LogP contribution in [0.25, 0.3) is 0 Å². The molecule has 0 spiro atoms. The molecule has 0 aliphatic rings. The van der Waals surface area contributed by atoms with Crippen molar-refractivity contribution in [2.75, 3.05) is 11.0 Å². The van der Waals surface area contributed by atoms with Crippen LogP contribution >= 0.6 is 35.1 Å². The average molecular weight is 355 g/mol. The van der Waals surface area contributed by atoms with E-state index in [0.717, 1.165) is 11.3 Å². The van der Waals surface area contributed by atoms with Crippen LogP contribution in [0.4, 0.5) is 5.69 Å². The molecule has 0 bridgehead atoms. The zero-order valence-electron chi connectivity index (χ0n) is 12.2. The second-order valence-corrected chi connectivity index (χ2v) is 6.20. The third-order valence-electron chi connectivity index (χ3n) is 3.14. The van der Waals surface area contributed by atoms with Gasteiger partial charge in [-0.3, -0.25) is 4.79 Å². The highest BCUT2D eigenvalue weighted by Crippen LogP contribution is 2.26. The maximum absolute atomic E-state index is 12.3. The number of benzene rings is 2. The van der Waals surface area contributed by atoms with E-state index in [0.29, 0.717) is 15.6 Å². The molecule has 2 rings (SSSR count). The van der Waals surface area contributed by atoms with Gasteiger partial charge in [0.05, 0.1) is 6.04 Å². The molecule has 2 N–H and O–H groups in total. The van der Waals surface area contributed by atoms with Gasteiger partial charge in [-0.05, 0) is 48.9 Å². The number of amides is 1. The molecule has 0 aliphatic carbocycles. The van der Waals surface area contributed by atoms with Crippen molar-refractivity contribution in [3.05, 3.63) is 63.6 Å². The van der Waals surface area contributed by atoms with E-state index in [1.165, 1.54) is 11.9 Å². The van der Waals surface area contributed by atoms with E-state index in [-0.39, 0.29) is 11.9 Å². The topological polar surface area (TPSA) is 41.1 Å². The van der Waals surface area contributed by atoms with Gasteiger partial charge in [-0.15, -0.1) is 0 Å². The molecule has 0 saturated carbocycles. The molecule has 2 aromatic carbocycles. The first-order valence-electron chi connectivity index (χ1n) is 6.66. The van der Waals surface area contributed by atoms with Crippen molar-refractivity contribution < 1.29 is 4.79 Å². The molecule has 22 heavy (non-hydrogen) atoms. The van der Waals surface area contributed by atoms with E-state index in [2.05, 4.69) is 10.0 Å². The highest BCUT2D eigenvalue weighted by Gasteiger charge is 2.14. The van der Waals surface area contributed by atoms with Gasteiger partial charge >= 0.3 is 0 Å². The molecule has 0 aliphatic heterocycles. The summed E-state index contributed by atoms with van der Waals surface area (Å²) in [4.78, 5) is 12.3. The number of nitrogens with one attached hydrogen (secondary N) is 2. The SMILES string of the molecule is CSNc1ccc(C(=O)NC(C)c2ccc(Cl)cc2Cl)cc1. The monoisotopic (exact) mass is 354 g/mol. The number of carbonyl (C=O) groups excluding carboxylic acids is 1. The van der Waals surface area contributed by atoms with Crippen molar-refractivity contribution in [2.24, 2.45) is 0 Å². The van der Waals surface area contributed by atoms with Crippen molar-refractivity contribution in [2.45, 2.75) is 13.0 Å². The standard InChI is InChI=1S/C16H16Cl2N2OS/c1-10(14-8-5-12(17)9-15(14)18)19-16(21)11-3-6-13(7-4-11)20-22-2/h3-10,20H,1-2H3,(H,19,21). The largest absolute Gasteiger partial charge is 0.345 e. The van der Waals surface area contributed by atoms with Crippen molar-refractivity contribution in [1.82, 2.24) is 5.32 Å². The fourth-order valence-electron chi connectivity index (χ4n) is 2.02. The van der Waals surface area contributed by atoms with E-state index in [1.807, 2.05) is 31.4 Å². The van der Waals surface area contributed by atoms with Crippen LogP contribution in [0.1, 0.15) is 28.9 Å². The fraction of sp³-hybridized carbons (Fsp3) is 0.188. The molecule has 2 aromatic rings. The third kappa shape index (κ3) is 4.32. The predicted molar refractivity (Wildman–Crippen MR) is 95.9 cm³/mol. The maximum Gasteiger partial charge on any atom is 0.251 e. The lowest BCUT2D eigenvalue weighted by molar-refractivity contribution is 0.0940. The molecule has 0 radical (unpaired) electrons. The third-order valence-corrected chi connectivity index (χ3v) is 4.15. The molecule has 0 saturated heterocycles. The van der Waals surface area contributed by atoms with Crippen LogP contribution in [0.15, 0.2) is 42.5 Å². The van der Waals surface area contributed by atoms with Gasteiger partial charge in [0.1, 0.15) is 0 Å². The molecule has 0 heterocycles. The van der Waals surface area contributed by atoms with Crippen molar-refractivity contribution in [3.8, 4) is 0 Å². The summed E-state index contributed by atoms with van der Waals surface area (Å²) in [7, 11) is 0. The Morgan fingerprint density at radius 3 is 2.41 bits per heavy atom. The van der Waals surface area contributed by atoms with Gasteiger partial charge in [-0.2, -0.15) is 0 Å². The summed E-state index contributed by atoms with van der Waals surface area (Å²) in [5.74, 6) is -0.144. The number of halogens is 2. The molecular formula is C16H16Cl2N2OS. The lowest BCUT2D eigenvalue weighted by atomic mass is 10.1. The molecule has 1 amide bonds. The van der Waals surface area contributed by atoms with E-state index in [1.54, 1.807) is 24.3 Å². The van der Waals surface area contributed by atoms with Crippen LogP contribution in [-0.2, 0) is 0 Å². The van der Waals surface area contributed by atoms with Crippen LogP contribution in [0, 0.1) is 0 Å². The summed E-state index contributed by atoms with van der Waals surface area (Å²) in [6, 6.07) is 12.3. The number of hydrogen-bond acceptors (Lipinski definition) is 3. The van der Waals surface area contributed by atoms with Gasteiger partial charge in [-0.1, -0.05) is 41.2 Å². The normalized spacial score (nSPS) is 11.8. The minimum absolute atomic E-state index is 0.144. The zero-order chi connectivity index (χ0) is 16.1. The van der Waals surface area contributed by atoms with Crippen LogP contribution in [0.5, 0.6) is 0 Å². The summed E-state index contributed by atoms with van der Waals surface area (Å²) in [6.45, 7) is 1.89. The van der Waals surface area contributed by atoms with Crippen molar-refractivity contribution >= 4 is 46.7 Å². The van der Waals surface area contributed by atoms with E-state index >= 15 is 0 Å². The first-order valence-corrected chi connectivity index (χ1v) is 8.64. The molecule has 1 unspecified atom stereocenters. The Hall–Kier alpha value is -1.36. The Kier molecular flexibility index (Phi) is 6.00. The van der Waals surface area contributed by atoms with E-state index in [9.17, 15) is 4.79 Å². The molecule has 0 aromatic heterocycles. The molecule has 3 nitrogen and oxygen atoms in total. The Morgan fingerprint density at radius 1 is 1.14 bits per heavy atom. The van der Waals surface area contributed by atoms with Crippen LogP contribution in [-0.4, -0.2) is 12.2 Å². The summed E-state index contributed by atoms with van der Waals surface area (Å²) in [5.41, 5.74) is 2.39. The lowest BCUT2D eigenvalue weighted by Gasteiger charge is -2.16. The van der Waals surface area contributed by atoms with Crippen LogP contribution in [0.3, 0.4) is 0 Å². The number of anilines is 1. The van der Waals surface area contributed by atoms with E-state index in [4.69, 9.17) is 23.2 Å². The molecule has 0 fully saturated rings. The Labute approximate surface area is 144 Å². The van der Waals surface area contributed by atoms with Gasteiger partial charge in [0.2, 0.25) is 0 Å². The summed E-state index contributed by atoms with van der Waals surface area (Å²) in [6.07, 6.45) is 1.94. The number of carbonyl (C=O) groups is 1. The number of rotatable bonds is 5. The fourth-order valence-corrected chi connectivity index (χ4v) is 2.96. The summed E-state index contributed by atoms with van der Waals surface area (Å²) >= 11 is 13.6. The highest BCUT2D eigenvalue weighted by atomic mass is 35.5. The van der Waals surface area contributed by atoms with Gasteiger partial charge < -0.3 is 10.0 Å². The maximum atomic E-state index is 12.3. The highest BCUT2D eigenvalue weighted by molar-refractivity contribution is 7.99. The predicted octanol–water partition coefficient (Wildman–Crippen LogP) is 5.17. The zero-order valence-corrected chi connectivity index (χ0v) is 14.5. The van der Waals surface area contributed by atoms with Gasteiger partial charge in [0.15, 0.2) is 0 Å². The summed E-state index contributed by atoms with van der Waals surface area (Å²) in [5, 5.41) is 4.05. The summed E-state index contributed by atoms with van der Waals surface area (Å²) < 4.78 is 3.11. The van der Waals surface area contributed by atoms with Crippen molar-refractivity contribution in [1.29, 1.82) is 0 Å². The van der Waals surface area contributed by atoms with E-state index < -0.39 is 0 Å². The first-order chi connectivity index (χ1) is 10.5. The quantitative estimate of drug-likeness (QED) is 0.727. The second kappa shape index (κ2) is 7.77. The average Bonchev–Trinajstić information content (AvgIpc) is 2.48. The number of hydrogen-bond donors (Lipinski definition) is 2. The van der Waals surface area contributed by atoms with Gasteiger partial charge in [0.25, 0.3) is 5.91 Å². The minimum Gasteiger partial charge on any atom is -0.345 e. The molecular weight excluding hydrogens is 339 g/mol. The van der Waals surface area contributed by atoms with Gasteiger partial charge in [0, 0.05) is 27.6 Å². The Morgan fingerprint density at radius 2 is 1.82 bits per heavy atom. The molecule has 6 heteroatoms. The minimum atomic E-state index is -0.207. The Bertz CT molecular complexity index is 662. The van der Waals surface area contributed by atoms with Crippen molar-refractivity contribution in [3.63, 3.8) is 0 Å². The molecule has 1 atom stereocenters. The Balaban J connectivity index is 2.07. The second-order valence-electron chi connectivity index (χ2n) is 4.74. The molecule has 116 valence electrons. The van der Waals surface area contributed by atoms with Gasteiger partial charge in [-0.25, -0.2) is 0 Å². The van der Waals surface area contributed by atoms with Crippen LogP contribution in [0.2, 0.25) is 10.0 Å². The first kappa shape index (κ1) is 17.0. The van der Waals surface area contributed by atoms with Crippen LogP contribution < -0.4 is 10.0 Å². The lowest BCUT2D eigenvalue weighted by Crippen LogP contribution is -2.26.